The van der Waals surface area contributed by atoms with Gasteiger partial charge in [0.05, 0.1) is 0 Å². The fourth-order valence-corrected chi connectivity index (χ4v) is 2.40. The average Bonchev–Trinajstić information content (AvgIpc) is 2.64. The van der Waals surface area contributed by atoms with Gasteiger partial charge in [-0.3, -0.25) is 0 Å². The lowest BCUT2D eigenvalue weighted by molar-refractivity contribution is 0.615. The van der Waals surface area contributed by atoms with Crippen molar-refractivity contribution in [1.29, 1.82) is 0 Å². The molecule has 0 aliphatic rings. The van der Waals surface area contributed by atoms with E-state index in [4.69, 9.17) is 0 Å². The van der Waals surface area contributed by atoms with E-state index in [-0.39, 0.29) is 0 Å². The van der Waals surface area contributed by atoms with E-state index in [1.165, 1.54) is 19.3 Å². The van der Waals surface area contributed by atoms with Gasteiger partial charge in [0.2, 0.25) is 0 Å². The molecule has 1 atom stereocenters. The van der Waals surface area contributed by atoms with Crippen LogP contribution in [0.3, 0.4) is 0 Å². The predicted octanol–water partition coefficient (Wildman–Crippen LogP) is 2.68. The maximum Gasteiger partial charge on any atom is 0.167 e. The average molecular weight is 241 g/mol. The smallest absolute Gasteiger partial charge is 0.167 e. The molecule has 1 aromatic heterocycles. The number of aryl methyl sites for hydroxylation is 1. The highest BCUT2D eigenvalue weighted by atomic mass is 32.2. The number of rotatable bonds is 8. The summed E-state index contributed by atoms with van der Waals surface area (Å²) in [6.45, 7) is 6.67. The van der Waals surface area contributed by atoms with Crippen LogP contribution >= 0.6 is 11.8 Å². The summed E-state index contributed by atoms with van der Waals surface area (Å²) >= 11 is 1.83. The fourth-order valence-electron chi connectivity index (χ4n) is 1.49. The van der Waals surface area contributed by atoms with Gasteiger partial charge in [-0.05, 0) is 13.0 Å². The van der Waals surface area contributed by atoms with Crippen molar-refractivity contribution in [2.75, 3.05) is 13.1 Å². The highest BCUT2D eigenvalue weighted by Crippen LogP contribution is 2.19. The molecule has 1 unspecified atom stereocenters. The van der Waals surface area contributed by atoms with Gasteiger partial charge >= 0.3 is 0 Å². The minimum absolute atomic E-state index is 0.572. The van der Waals surface area contributed by atoms with Gasteiger partial charge in [0.25, 0.3) is 0 Å². The standard InChI is InChI=1S/C12H23N3S/c1-4-5-6-7-13-10-11(2)16-12-14-8-9-15(12)3/h8-9,11,13H,4-7,10H2,1-3H3. The van der Waals surface area contributed by atoms with Crippen molar-refractivity contribution in [2.24, 2.45) is 7.05 Å². The summed E-state index contributed by atoms with van der Waals surface area (Å²) in [7, 11) is 2.04. The monoisotopic (exact) mass is 241 g/mol. The lowest BCUT2D eigenvalue weighted by Gasteiger charge is -2.11. The molecule has 92 valence electrons. The quantitative estimate of drug-likeness (QED) is 0.560. The Morgan fingerprint density at radius 2 is 2.31 bits per heavy atom. The van der Waals surface area contributed by atoms with Crippen LogP contribution in [0.1, 0.15) is 33.1 Å². The lowest BCUT2D eigenvalue weighted by Crippen LogP contribution is -2.23. The Balaban J connectivity index is 2.11. The largest absolute Gasteiger partial charge is 0.329 e. The molecule has 0 aromatic carbocycles. The molecule has 4 heteroatoms. The third-order valence-corrected chi connectivity index (χ3v) is 3.65. The van der Waals surface area contributed by atoms with Gasteiger partial charge in [-0.25, -0.2) is 4.98 Å². The second kappa shape index (κ2) is 7.74. The van der Waals surface area contributed by atoms with Gasteiger partial charge < -0.3 is 9.88 Å². The van der Waals surface area contributed by atoms with Crippen LogP contribution in [-0.2, 0) is 7.05 Å². The van der Waals surface area contributed by atoms with Crippen LogP contribution in [0.4, 0.5) is 0 Å². The molecule has 0 amide bonds. The summed E-state index contributed by atoms with van der Waals surface area (Å²) in [5.41, 5.74) is 0. The maximum atomic E-state index is 4.31. The molecule has 0 fully saturated rings. The summed E-state index contributed by atoms with van der Waals surface area (Å²) in [4.78, 5) is 4.31. The number of unbranched alkanes of at least 4 members (excludes halogenated alkanes) is 2. The maximum absolute atomic E-state index is 4.31. The van der Waals surface area contributed by atoms with E-state index in [1.807, 2.05) is 31.2 Å². The number of nitrogens with one attached hydrogen (secondary N) is 1. The molecule has 1 rings (SSSR count). The van der Waals surface area contributed by atoms with E-state index >= 15 is 0 Å². The molecule has 1 N–H and O–H groups in total. The van der Waals surface area contributed by atoms with Crippen LogP contribution in [0.15, 0.2) is 17.6 Å². The van der Waals surface area contributed by atoms with E-state index < -0.39 is 0 Å². The molecule has 3 nitrogen and oxygen atoms in total. The highest BCUT2D eigenvalue weighted by molar-refractivity contribution is 7.99. The molecule has 16 heavy (non-hydrogen) atoms. The third-order valence-electron chi connectivity index (χ3n) is 2.47. The van der Waals surface area contributed by atoms with Crippen LogP contribution in [0.25, 0.3) is 0 Å². The molecule has 0 saturated carbocycles. The topological polar surface area (TPSA) is 29.9 Å². The fraction of sp³-hybridized carbons (Fsp3) is 0.750. The predicted molar refractivity (Wildman–Crippen MR) is 70.9 cm³/mol. The Hall–Kier alpha value is -0.480. The Morgan fingerprint density at radius 3 is 2.94 bits per heavy atom. The second-order valence-electron chi connectivity index (χ2n) is 4.16. The van der Waals surface area contributed by atoms with Gasteiger partial charge in [0.1, 0.15) is 0 Å². The first-order valence-electron chi connectivity index (χ1n) is 6.08. The van der Waals surface area contributed by atoms with Gasteiger partial charge in [-0.1, -0.05) is 38.5 Å². The first-order chi connectivity index (χ1) is 7.74. The Labute approximate surface area is 103 Å². The molecule has 1 heterocycles. The number of hydrogen-bond donors (Lipinski definition) is 1. The van der Waals surface area contributed by atoms with Crippen LogP contribution in [-0.4, -0.2) is 27.9 Å². The number of nitrogens with zero attached hydrogens (tertiary/aromatic N) is 2. The molecule has 0 spiro atoms. The number of aromatic nitrogens is 2. The molecule has 0 saturated heterocycles. The molecule has 0 bridgehead atoms. The SMILES string of the molecule is CCCCCNCC(C)Sc1nccn1C. The van der Waals surface area contributed by atoms with Crippen LogP contribution in [0.2, 0.25) is 0 Å². The lowest BCUT2D eigenvalue weighted by atomic mass is 10.2. The number of hydrogen-bond acceptors (Lipinski definition) is 3. The van der Waals surface area contributed by atoms with Crippen molar-refractivity contribution in [3.8, 4) is 0 Å². The van der Waals surface area contributed by atoms with Crippen LogP contribution < -0.4 is 5.32 Å². The van der Waals surface area contributed by atoms with Gasteiger partial charge in [-0.2, -0.15) is 0 Å². The van der Waals surface area contributed by atoms with Gasteiger partial charge in [0.15, 0.2) is 5.16 Å². The minimum atomic E-state index is 0.572. The van der Waals surface area contributed by atoms with Gasteiger partial charge in [0, 0.05) is 31.2 Å². The van der Waals surface area contributed by atoms with E-state index in [1.54, 1.807) is 0 Å². The molecule has 1 aromatic rings. The molecule has 0 radical (unpaired) electrons. The molecular weight excluding hydrogens is 218 g/mol. The molecular formula is C12H23N3S. The van der Waals surface area contributed by atoms with E-state index in [0.717, 1.165) is 18.2 Å². The summed E-state index contributed by atoms with van der Waals surface area (Å²) in [6.07, 6.45) is 7.75. The zero-order chi connectivity index (χ0) is 11.8. The third kappa shape index (κ3) is 5.03. The number of thioether (sulfide) groups is 1. The van der Waals surface area contributed by atoms with Crippen molar-refractivity contribution in [2.45, 2.75) is 43.5 Å². The summed E-state index contributed by atoms with van der Waals surface area (Å²) in [6, 6.07) is 0. The van der Waals surface area contributed by atoms with Crippen LogP contribution in [0, 0.1) is 0 Å². The van der Waals surface area contributed by atoms with Crippen LogP contribution in [0.5, 0.6) is 0 Å². The Morgan fingerprint density at radius 1 is 1.50 bits per heavy atom. The minimum Gasteiger partial charge on any atom is -0.329 e. The number of imidazole rings is 1. The zero-order valence-electron chi connectivity index (χ0n) is 10.6. The van der Waals surface area contributed by atoms with E-state index in [0.29, 0.717) is 5.25 Å². The highest BCUT2D eigenvalue weighted by Gasteiger charge is 2.07. The van der Waals surface area contributed by atoms with Crippen molar-refractivity contribution in [1.82, 2.24) is 14.9 Å². The van der Waals surface area contributed by atoms with E-state index in [2.05, 4.69) is 28.7 Å². The summed E-state index contributed by atoms with van der Waals surface area (Å²) in [5.74, 6) is 0. The summed E-state index contributed by atoms with van der Waals surface area (Å²) < 4.78 is 2.07. The second-order valence-corrected chi connectivity index (χ2v) is 5.57. The van der Waals surface area contributed by atoms with Gasteiger partial charge in [-0.15, -0.1) is 0 Å². The zero-order valence-corrected chi connectivity index (χ0v) is 11.4. The van der Waals surface area contributed by atoms with Crippen molar-refractivity contribution in [3.63, 3.8) is 0 Å². The first-order valence-corrected chi connectivity index (χ1v) is 6.96. The normalized spacial score (nSPS) is 12.9. The Bertz CT molecular complexity index is 286. The van der Waals surface area contributed by atoms with Crippen molar-refractivity contribution in [3.05, 3.63) is 12.4 Å². The summed E-state index contributed by atoms with van der Waals surface area (Å²) in [5, 5.41) is 5.17. The Kier molecular flexibility index (Phi) is 6.57. The van der Waals surface area contributed by atoms with E-state index in [9.17, 15) is 0 Å². The van der Waals surface area contributed by atoms with Crippen molar-refractivity contribution >= 4 is 11.8 Å². The first kappa shape index (κ1) is 13.6. The molecule has 0 aliphatic carbocycles. The van der Waals surface area contributed by atoms with Crippen molar-refractivity contribution < 1.29 is 0 Å². The molecule has 0 aliphatic heterocycles.